The Hall–Kier alpha value is -4.50. The van der Waals surface area contributed by atoms with Crippen molar-refractivity contribution < 1.29 is 28.8 Å². The van der Waals surface area contributed by atoms with Crippen LogP contribution < -0.4 is 26.6 Å². The number of likely N-dealkylation sites (tertiary alicyclic amines) is 1. The maximum absolute atomic E-state index is 13.7. The van der Waals surface area contributed by atoms with E-state index in [4.69, 9.17) is 11.2 Å². The molecule has 50 heavy (non-hydrogen) atoms. The van der Waals surface area contributed by atoms with E-state index in [2.05, 4.69) is 59.9 Å². The monoisotopic (exact) mass is 700 g/mol. The van der Waals surface area contributed by atoms with Crippen LogP contribution in [0.5, 0.6) is 0 Å². The molecule has 0 aromatic heterocycles. The van der Waals surface area contributed by atoms with E-state index in [1.165, 1.54) is 31.5 Å². The van der Waals surface area contributed by atoms with Crippen molar-refractivity contribution in [3.8, 4) is 12.3 Å². The minimum Gasteiger partial charge on any atom is -0.355 e. The second-order valence-corrected chi connectivity index (χ2v) is 11.0. The van der Waals surface area contributed by atoms with Crippen LogP contribution in [-0.4, -0.2) is 93.6 Å². The van der Waals surface area contributed by atoms with Crippen molar-refractivity contribution in [2.45, 2.75) is 105 Å². The number of carbonyl (C=O) groups is 6. The molecule has 3 rings (SSSR count). The zero-order valence-electron chi connectivity index (χ0n) is 31.7. The van der Waals surface area contributed by atoms with E-state index in [0.29, 0.717) is 58.0 Å². The second-order valence-electron chi connectivity index (χ2n) is 11.0. The number of ketones is 1. The molecule has 1 saturated heterocycles. The topological polar surface area (TPSA) is 166 Å². The summed E-state index contributed by atoms with van der Waals surface area (Å²) in [7, 11) is 3.43. The SMILES string of the molecule is C#CCCC(NC(=O)C1CCCN1C(=O)C(NC(=O)NC)C1Cc2ccccc2C1)C(C)=O.C=CCNC=O.C=O.CC.CCC.CCNC. The van der Waals surface area contributed by atoms with Gasteiger partial charge in [-0.2, -0.15) is 0 Å². The maximum atomic E-state index is 13.7. The van der Waals surface area contributed by atoms with Crippen LogP contribution >= 0.6 is 0 Å². The number of nitrogens with zero attached hydrogens (tertiary/aromatic N) is 1. The van der Waals surface area contributed by atoms with Crippen LogP contribution in [0, 0.1) is 18.3 Å². The first kappa shape index (κ1) is 49.9. The van der Waals surface area contributed by atoms with E-state index in [9.17, 15) is 24.0 Å². The molecule has 1 fully saturated rings. The fraction of sp³-hybridized carbons (Fsp3) is 0.579. The lowest BCUT2D eigenvalue weighted by molar-refractivity contribution is -0.141. The van der Waals surface area contributed by atoms with Gasteiger partial charge in [0.1, 0.15) is 18.9 Å². The van der Waals surface area contributed by atoms with Crippen LogP contribution in [-0.2, 0) is 36.8 Å². The first-order valence-corrected chi connectivity index (χ1v) is 17.4. The summed E-state index contributed by atoms with van der Waals surface area (Å²) >= 11 is 0. The van der Waals surface area contributed by atoms with Crippen LogP contribution in [0.1, 0.15) is 84.8 Å². The van der Waals surface area contributed by atoms with Gasteiger partial charge in [-0.15, -0.1) is 18.9 Å². The van der Waals surface area contributed by atoms with Crippen molar-refractivity contribution >= 4 is 36.8 Å². The number of urea groups is 1. The molecule has 0 radical (unpaired) electrons. The predicted octanol–water partition coefficient (Wildman–Crippen LogP) is 3.58. The third-order valence-corrected chi connectivity index (χ3v) is 7.26. The molecule has 3 unspecified atom stereocenters. The number of nitrogens with one attached hydrogen (secondary N) is 5. The average Bonchev–Trinajstić information content (AvgIpc) is 3.81. The van der Waals surface area contributed by atoms with Gasteiger partial charge in [-0.3, -0.25) is 19.2 Å². The molecular formula is C38H64N6O6. The first-order chi connectivity index (χ1) is 24.1. The molecule has 0 saturated carbocycles. The lowest BCUT2D eigenvalue weighted by atomic mass is 9.95. The Labute approximate surface area is 301 Å². The molecule has 12 nitrogen and oxygen atoms in total. The number of benzene rings is 1. The summed E-state index contributed by atoms with van der Waals surface area (Å²) in [6.07, 6.45) is 12.1. The molecule has 1 aromatic carbocycles. The van der Waals surface area contributed by atoms with Gasteiger partial charge in [-0.1, -0.05) is 71.4 Å². The summed E-state index contributed by atoms with van der Waals surface area (Å²) in [5, 5.41) is 13.4. The van der Waals surface area contributed by atoms with E-state index in [0.717, 1.165) is 6.54 Å². The summed E-state index contributed by atoms with van der Waals surface area (Å²) in [6, 6.07) is 5.49. The minimum absolute atomic E-state index is 0.0999. The van der Waals surface area contributed by atoms with Gasteiger partial charge in [0.05, 0.1) is 6.04 Å². The van der Waals surface area contributed by atoms with Crippen LogP contribution in [0.25, 0.3) is 0 Å². The van der Waals surface area contributed by atoms with Gasteiger partial charge in [-0.05, 0) is 69.7 Å². The highest BCUT2D eigenvalue weighted by molar-refractivity contribution is 5.94. The first-order valence-electron chi connectivity index (χ1n) is 17.4. The number of terminal acetylenes is 1. The zero-order chi connectivity index (χ0) is 38.9. The minimum atomic E-state index is -0.754. The molecule has 3 atom stereocenters. The van der Waals surface area contributed by atoms with Gasteiger partial charge in [0.15, 0.2) is 5.78 Å². The molecule has 282 valence electrons. The fourth-order valence-corrected chi connectivity index (χ4v) is 4.91. The van der Waals surface area contributed by atoms with E-state index in [-0.39, 0.29) is 23.5 Å². The van der Waals surface area contributed by atoms with Crippen molar-refractivity contribution in [2.24, 2.45) is 5.92 Å². The van der Waals surface area contributed by atoms with Gasteiger partial charge in [0, 0.05) is 26.6 Å². The lowest BCUT2D eigenvalue weighted by Crippen LogP contribution is -2.58. The Morgan fingerprint density at radius 1 is 1.04 bits per heavy atom. The molecule has 1 heterocycles. The highest BCUT2D eigenvalue weighted by Crippen LogP contribution is 2.31. The number of amides is 5. The summed E-state index contributed by atoms with van der Waals surface area (Å²) in [6.45, 7) is 19.2. The zero-order valence-corrected chi connectivity index (χ0v) is 31.7. The molecule has 1 aliphatic heterocycles. The molecule has 0 spiro atoms. The van der Waals surface area contributed by atoms with Crippen molar-refractivity contribution in [1.82, 2.24) is 31.5 Å². The number of Topliss-reactive ketones (excluding diaryl/α,β-unsaturated/α-hetero) is 1. The maximum Gasteiger partial charge on any atom is 0.315 e. The Morgan fingerprint density at radius 3 is 1.98 bits per heavy atom. The van der Waals surface area contributed by atoms with Crippen molar-refractivity contribution in [2.75, 3.05) is 33.7 Å². The van der Waals surface area contributed by atoms with Gasteiger partial charge in [0.2, 0.25) is 18.2 Å². The third-order valence-electron chi connectivity index (χ3n) is 7.26. The fourth-order valence-electron chi connectivity index (χ4n) is 4.91. The van der Waals surface area contributed by atoms with E-state index in [1.54, 1.807) is 11.0 Å². The molecule has 0 bridgehead atoms. The quantitative estimate of drug-likeness (QED) is 0.0963. The van der Waals surface area contributed by atoms with Crippen molar-refractivity contribution in [3.05, 3.63) is 48.0 Å². The summed E-state index contributed by atoms with van der Waals surface area (Å²) < 4.78 is 0. The number of rotatable bonds is 12. The Morgan fingerprint density at radius 2 is 1.58 bits per heavy atom. The smallest absolute Gasteiger partial charge is 0.315 e. The van der Waals surface area contributed by atoms with Crippen LogP contribution in [0.4, 0.5) is 4.79 Å². The number of carbonyl (C=O) groups excluding carboxylic acids is 6. The second kappa shape index (κ2) is 33.0. The van der Waals surface area contributed by atoms with Gasteiger partial charge < -0.3 is 36.3 Å². The van der Waals surface area contributed by atoms with Crippen LogP contribution in [0.2, 0.25) is 0 Å². The predicted molar refractivity (Wildman–Crippen MR) is 202 cm³/mol. The normalized spacial score (nSPS) is 14.6. The van der Waals surface area contributed by atoms with E-state index < -0.39 is 24.2 Å². The Bertz CT molecular complexity index is 1120. The summed E-state index contributed by atoms with van der Waals surface area (Å²) in [4.78, 5) is 69.8. The van der Waals surface area contributed by atoms with Gasteiger partial charge >= 0.3 is 6.03 Å². The molecule has 1 aromatic rings. The standard InChI is InChI=1S/C25H32N4O4.C4H7NO.C3H9N.C3H8.C2H6.CH2O/c1-4-5-11-20(16(2)30)27-23(31)21-12-8-13-29(21)24(32)22(28-25(33)26-3)19-14-17-9-6-7-10-18(17)15-19;1-2-3-5-4-6;1-3-4-2;1-3-2;2*1-2/h1,6-7,9-10,19-22H,5,8,11-15H2,2-3H3,(H,27,31)(H2,26,28,33);2,4H,1,3H2,(H,5,6);4H,3H2,1-2H3;3H2,1-2H3;1-2H3;1H2. The number of hydrogen-bond acceptors (Lipinski definition) is 7. The van der Waals surface area contributed by atoms with E-state index >= 15 is 0 Å². The number of hydrogen-bond donors (Lipinski definition) is 5. The Balaban J connectivity index is -0.00000109. The average molecular weight is 701 g/mol. The van der Waals surface area contributed by atoms with Crippen LogP contribution in [0.15, 0.2) is 36.9 Å². The van der Waals surface area contributed by atoms with Crippen molar-refractivity contribution in [3.63, 3.8) is 0 Å². The van der Waals surface area contributed by atoms with Crippen LogP contribution in [0.3, 0.4) is 0 Å². The summed E-state index contributed by atoms with van der Waals surface area (Å²) in [5.41, 5.74) is 2.35. The van der Waals surface area contributed by atoms with E-state index in [1.807, 2.05) is 51.9 Å². The molecule has 2 aliphatic rings. The van der Waals surface area contributed by atoms with Crippen molar-refractivity contribution in [1.29, 1.82) is 0 Å². The highest BCUT2D eigenvalue weighted by Gasteiger charge is 2.42. The lowest BCUT2D eigenvalue weighted by Gasteiger charge is -2.32. The largest absolute Gasteiger partial charge is 0.355 e. The Kier molecular flexibility index (Phi) is 32.9. The molecule has 12 heteroatoms. The molecular weight excluding hydrogens is 636 g/mol. The number of fused-ring (bicyclic) bond motifs is 1. The summed E-state index contributed by atoms with van der Waals surface area (Å²) in [5.74, 6) is 1.60. The van der Waals surface area contributed by atoms with Gasteiger partial charge in [0.25, 0.3) is 0 Å². The molecule has 1 aliphatic carbocycles. The van der Waals surface area contributed by atoms with Gasteiger partial charge in [-0.25, -0.2) is 4.79 Å². The highest BCUT2D eigenvalue weighted by atomic mass is 16.2. The third kappa shape index (κ3) is 20.1. The molecule has 5 N–H and O–H groups in total. The molecule has 5 amide bonds.